The van der Waals surface area contributed by atoms with E-state index in [-0.39, 0.29) is 5.41 Å². The standard InChI is InChI=1S/C10H13O2/c1-10(2,3)6-9-8(7-11)4-5-12-9/h4-5H,6H2,1-3H3. The molecular formula is C10H13O2. The van der Waals surface area contributed by atoms with Crippen LogP contribution in [0.15, 0.2) is 16.7 Å². The van der Waals surface area contributed by atoms with Crippen LogP contribution < -0.4 is 0 Å². The summed E-state index contributed by atoms with van der Waals surface area (Å²) in [6.45, 7) is 6.30. The molecule has 0 N–H and O–H groups in total. The van der Waals surface area contributed by atoms with Gasteiger partial charge in [-0.1, -0.05) is 20.8 Å². The van der Waals surface area contributed by atoms with Crippen LogP contribution in [-0.2, 0) is 11.2 Å². The summed E-state index contributed by atoms with van der Waals surface area (Å²) in [5.41, 5.74) is 0.689. The summed E-state index contributed by atoms with van der Waals surface area (Å²) in [4.78, 5) is 10.4. The molecule has 0 aliphatic heterocycles. The minimum absolute atomic E-state index is 0.142. The average molecular weight is 165 g/mol. The molecule has 65 valence electrons. The van der Waals surface area contributed by atoms with E-state index in [1.54, 1.807) is 6.07 Å². The van der Waals surface area contributed by atoms with Gasteiger partial charge in [-0.2, -0.15) is 0 Å². The van der Waals surface area contributed by atoms with Crippen molar-refractivity contribution in [3.05, 3.63) is 23.7 Å². The van der Waals surface area contributed by atoms with E-state index < -0.39 is 0 Å². The summed E-state index contributed by atoms with van der Waals surface area (Å²) in [5.74, 6) is 0.734. The summed E-state index contributed by atoms with van der Waals surface area (Å²) in [5, 5.41) is 0. The molecule has 0 spiro atoms. The highest BCUT2D eigenvalue weighted by Crippen LogP contribution is 2.22. The maximum Gasteiger partial charge on any atom is 0.237 e. The van der Waals surface area contributed by atoms with Gasteiger partial charge in [0.15, 0.2) is 0 Å². The number of furan rings is 1. The Bertz CT molecular complexity index is 266. The Morgan fingerprint density at radius 1 is 1.50 bits per heavy atom. The Labute approximate surface area is 72.6 Å². The van der Waals surface area contributed by atoms with Crippen LogP contribution in [0.2, 0.25) is 0 Å². The molecule has 0 saturated heterocycles. The zero-order valence-corrected chi connectivity index (χ0v) is 7.68. The van der Waals surface area contributed by atoms with E-state index in [1.165, 1.54) is 6.26 Å². The summed E-state index contributed by atoms with van der Waals surface area (Å²) >= 11 is 0. The Hall–Kier alpha value is -1.05. The fourth-order valence-corrected chi connectivity index (χ4v) is 1.05. The molecule has 1 aromatic rings. The highest BCUT2D eigenvalue weighted by atomic mass is 16.3. The van der Waals surface area contributed by atoms with Crippen LogP contribution in [0.3, 0.4) is 0 Å². The molecule has 0 amide bonds. The van der Waals surface area contributed by atoms with Crippen LogP contribution >= 0.6 is 0 Å². The van der Waals surface area contributed by atoms with E-state index in [4.69, 9.17) is 4.42 Å². The van der Waals surface area contributed by atoms with Gasteiger partial charge in [0, 0.05) is 6.42 Å². The van der Waals surface area contributed by atoms with E-state index in [0.717, 1.165) is 12.2 Å². The predicted molar refractivity (Wildman–Crippen MR) is 46.7 cm³/mol. The van der Waals surface area contributed by atoms with Crippen LogP contribution in [-0.4, -0.2) is 6.29 Å². The average Bonchev–Trinajstić information content (AvgIpc) is 2.31. The summed E-state index contributed by atoms with van der Waals surface area (Å²) < 4.78 is 5.17. The van der Waals surface area contributed by atoms with Crippen molar-refractivity contribution < 1.29 is 9.21 Å². The number of hydrogen-bond donors (Lipinski definition) is 0. The third-order valence-electron chi connectivity index (χ3n) is 1.55. The molecule has 0 saturated carbocycles. The van der Waals surface area contributed by atoms with Crippen LogP contribution in [0, 0.1) is 5.41 Å². The molecule has 2 heteroatoms. The highest BCUT2D eigenvalue weighted by Gasteiger charge is 2.16. The van der Waals surface area contributed by atoms with Gasteiger partial charge >= 0.3 is 0 Å². The molecular weight excluding hydrogens is 152 g/mol. The van der Waals surface area contributed by atoms with Crippen molar-refractivity contribution in [2.24, 2.45) is 5.41 Å². The fraction of sp³-hybridized carbons (Fsp3) is 0.500. The fourth-order valence-electron chi connectivity index (χ4n) is 1.05. The molecule has 0 aliphatic carbocycles. The van der Waals surface area contributed by atoms with E-state index in [1.807, 2.05) is 6.29 Å². The second kappa shape index (κ2) is 3.13. The lowest BCUT2D eigenvalue weighted by molar-refractivity contribution is 0.362. The molecule has 0 atom stereocenters. The molecule has 12 heavy (non-hydrogen) atoms. The Morgan fingerprint density at radius 2 is 2.17 bits per heavy atom. The normalized spacial score (nSPS) is 11.6. The van der Waals surface area contributed by atoms with E-state index in [0.29, 0.717) is 5.56 Å². The van der Waals surface area contributed by atoms with Crippen LogP contribution in [0.1, 0.15) is 32.1 Å². The first-order chi connectivity index (χ1) is 5.53. The second-order valence-electron chi connectivity index (χ2n) is 4.10. The second-order valence-corrected chi connectivity index (χ2v) is 4.10. The number of carbonyl (C=O) groups excluding carboxylic acids is 1. The van der Waals surface area contributed by atoms with Gasteiger partial charge in [0.2, 0.25) is 6.29 Å². The number of hydrogen-bond acceptors (Lipinski definition) is 2. The van der Waals surface area contributed by atoms with Gasteiger partial charge in [-0.15, -0.1) is 0 Å². The molecule has 0 aliphatic rings. The minimum atomic E-state index is 0.142. The molecule has 0 aromatic carbocycles. The Kier molecular flexibility index (Phi) is 2.36. The Balaban J connectivity index is 2.81. The maximum absolute atomic E-state index is 10.4. The van der Waals surface area contributed by atoms with Crippen LogP contribution in [0.25, 0.3) is 0 Å². The maximum atomic E-state index is 10.4. The molecule has 1 heterocycles. The SMILES string of the molecule is CC(C)(C)Cc1occc1[C]=O. The minimum Gasteiger partial charge on any atom is -0.469 e. The Morgan fingerprint density at radius 3 is 2.67 bits per heavy atom. The molecule has 0 unspecified atom stereocenters. The van der Waals surface area contributed by atoms with Gasteiger partial charge < -0.3 is 4.42 Å². The summed E-state index contributed by atoms with van der Waals surface area (Å²) in [6.07, 6.45) is 4.15. The topological polar surface area (TPSA) is 30.2 Å². The molecule has 2 nitrogen and oxygen atoms in total. The summed E-state index contributed by atoms with van der Waals surface area (Å²) in [6, 6.07) is 1.65. The lowest BCUT2D eigenvalue weighted by Crippen LogP contribution is -2.09. The quantitative estimate of drug-likeness (QED) is 0.673. The molecule has 0 fully saturated rings. The van der Waals surface area contributed by atoms with E-state index >= 15 is 0 Å². The van der Waals surface area contributed by atoms with Crippen molar-refractivity contribution in [1.82, 2.24) is 0 Å². The van der Waals surface area contributed by atoms with Gasteiger partial charge in [0.05, 0.1) is 11.8 Å². The first kappa shape index (κ1) is 9.04. The third kappa shape index (κ3) is 2.22. The van der Waals surface area contributed by atoms with Crippen molar-refractivity contribution in [3.8, 4) is 0 Å². The molecule has 1 radical (unpaired) electrons. The third-order valence-corrected chi connectivity index (χ3v) is 1.55. The van der Waals surface area contributed by atoms with Crippen molar-refractivity contribution in [2.75, 3.05) is 0 Å². The van der Waals surface area contributed by atoms with Gasteiger partial charge in [-0.25, -0.2) is 0 Å². The van der Waals surface area contributed by atoms with Crippen molar-refractivity contribution in [1.29, 1.82) is 0 Å². The largest absolute Gasteiger partial charge is 0.469 e. The summed E-state index contributed by atoms with van der Waals surface area (Å²) in [7, 11) is 0. The van der Waals surface area contributed by atoms with Crippen LogP contribution in [0.4, 0.5) is 0 Å². The predicted octanol–water partition coefficient (Wildman–Crippen LogP) is 2.33. The van der Waals surface area contributed by atoms with Crippen molar-refractivity contribution in [3.63, 3.8) is 0 Å². The van der Waals surface area contributed by atoms with Gasteiger partial charge in [-0.3, -0.25) is 4.79 Å². The molecule has 0 bridgehead atoms. The first-order valence-corrected chi connectivity index (χ1v) is 3.97. The van der Waals surface area contributed by atoms with Gasteiger partial charge in [0.1, 0.15) is 5.76 Å². The monoisotopic (exact) mass is 165 g/mol. The van der Waals surface area contributed by atoms with E-state index in [2.05, 4.69) is 20.8 Å². The highest BCUT2D eigenvalue weighted by molar-refractivity contribution is 5.76. The zero-order chi connectivity index (χ0) is 9.19. The molecule has 1 aromatic heterocycles. The smallest absolute Gasteiger partial charge is 0.237 e. The van der Waals surface area contributed by atoms with Crippen molar-refractivity contribution >= 4 is 6.29 Å². The van der Waals surface area contributed by atoms with Crippen LogP contribution in [0.5, 0.6) is 0 Å². The van der Waals surface area contributed by atoms with E-state index in [9.17, 15) is 4.79 Å². The lowest BCUT2D eigenvalue weighted by Gasteiger charge is -2.15. The van der Waals surface area contributed by atoms with Gasteiger partial charge in [-0.05, 0) is 11.5 Å². The van der Waals surface area contributed by atoms with Crippen molar-refractivity contribution in [2.45, 2.75) is 27.2 Å². The zero-order valence-electron chi connectivity index (χ0n) is 7.68. The lowest BCUT2D eigenvalue weighted by atomic mass is 9.90. The number of rotatable bonds is 2. The molecule has 1 rings (SSSR count). The first-order valence-electron chi connectivity index (χ1n) is 3.97. The van der Waals surface area contributed by atoms with Gasteiger partial charge in [0.25, 0.3) is 0 Å².